The van der Waals surface area contributed by atoms with E-state index in [1.54, 1.807) is 0 Å². The number of carbonyl (C=O) groups is 1. The van der Waals surface area contributed by atoms with Crippen molar-refractivity contribution in [2.45, 2.75) is 6.92 Å². The van der Waals surface area contributed by atoms with E-state index < -0.39 is 28.3 Å². The van der Waals surface area contributed by atoms with Crippen LogP contribution in [0.5, 0.6) is 0 Å². The van der Waals surface area contributed by atoms with Gasteiger partial charge in [0.25, 0.3) is 0 Å². The third-order valence-electron chi connectivity index (χ3n) is 2.19. The number of hydrogen-bond acceptors (Lipinski definition) is 3. The molecule has 100 valence electrons. The maximum Gasteiger partial charge on any atom is 0.238 e. The molecule has 0 aliphatic heterocycles. The molecule has 0 aliphatic rings. The highest BCUT2D eigenvalue weighted by Gasteiger charge is 2.23. The molecule has 8 heteroatoms. The van der Waals surface area contributed by atoms with E-state index >= 15 is 0 Å². The van der Waals surface area contributed by atoms with Crippen LogP contribution < -0.4 is 10.0 Å². The molecular weight excluding hydrogens is 283 g/mol. The van der Waals surface area contributed by atoms with Crippen LogP contribution in [-0.2, 0) is 14.8 Å². The van der Waals surface area contributed by atoms with Crippen molar-refractivity contribution in [2.24, 2.45) is 5.73 Å². The summed E-state index contributed by atoms with van der Waals surface area (Å²) >= 11 is 5.58. The van der Waals surface area contributed by atoms with Gasteiger partial charge in [0.15, 0.2) is 0 Å². The number of sulfonamides is 1. The maximum atomic E-state index is 13.0. The van der Waals surface area contributed by atoms with Gasteiger partial charge in [-0.25, -0.2) is 12.8 Å². The topological polar surface area (TPSA) is 80.5 Å². The Morgan fingerprint density at radius 3 is 2.56 bits per heavy atom. The van der Waals surface area contributed by atoms with E-state index in [-0.39, 0.29) is 16.5 Å². The van der Waals surface area contributed by atoms with Gasteiger partial charge in [-0.3, -0.25) is 9.10 Å². The van der Waals surface area contributed by atoms with Gasteiger partial charge in [0.2, 0.25) is 15.9 Å². The molecule has 0 fully saturated rings. The Morgan fingerprint density at radius 2 is 2.11 bits per heavy atom. The monoisotopic (exact) mass is 294 g/mol. The molecule has 2 N–H and O–H groups in total. The van der Waals surface area contributed by atoms with E-state index in [0.29, 0.717) is 0 Å². The van der Waals surface area contributed by atoms with E-state index in [1.165, 1.54) is 13.0 Å². The molecule has 18 heavy (non-hydrogen) atoms. The minimum absolute atomic E-state index is 0.0991. The van der Waals surface area contributed by atoms with Crippen molar-refractivity contribution in [1.29, 1.82) is 0 Å². The molecule has 0 heterocycles. The van der Waals surface area contributed by atoms with Crippen LogP contribution in [0.4, 0.5) is 10.1 Å². The zero-order valence-electron chi connectivity index (χ0n) is 9.56. The largest absolute Gasteiger partial charge is 0.368 e. The van der Waals surface area contributed by atoms with Gasteiger partial charge in [0, 0.05) is 0 Å². The van der Waals surface area contributed by atoms with Crippen molar-refractivity contribution in [1.82, 2.24) is 0 Å². The van der Waals surface area contributed by atoms with Gasteiger partial charge >= 0.3 is 0 Å². The van der Waals surface area contributed by atoms with Crippen LogP contribution in [0.25, 0.3) is 0 Å². The number of halogens is 2. The smallest absolute Gasteiger partial charge is 0.238 e. The van der Waals surface area contributed by atoms with Crippen molar-refractivity contribution < 1.29 is 17.6 Å². The first-order valence-electron chi connectivity index (χ1n) is 5.01. The van der Waals surface area contributed by atoms with Gasteiger partial charge in [0.05, 0.1) is 16.5 Å². The van der Waals surface area contributed by atoms with Crippen LogP contribution in [0.3, 0.4) is 0 Å². The van der Waals surface area contributed by atoms with E-state index in [9.17, 15) is 17.6 Å². The second-order valence-electron chi connectivity index (χ2n) is 3.47. The lowest BCUT2D eigenvalue weighted by molar-refractivity contribution is -0.116. The predicted molar refractivity (Wildman–Crippen MR) is 67.4 cm³/mol. The summed E-state index contributed by atoms with van der Waals surface area (Å²) in [5.74, 6) is -1.70. The van der Waals surface area contributed by atoms with Crippen molar-refractivity contribution in [3.05, 3.63) is 29.0 Å². The molecule has 5 nitrogen and oxygen atoms in total. The van der Waals surface area contributed by atoms with Gasteiger partial charge in [-0.15, -0.1) is 0 Å². The lowest BCUT2D eigenvalue weighted by atomic mass is 10.3. The van der Waals surface area contributed by atoms with Crippen molar-refractivity contribution in [3.63, 3.8) is 0 Å². The van der Waals surface area contributed by atoms with Crippen molar-refractivity contribution >= 4 is 33.2 Å². The third-order valence-corrected chi connectivity index (χ3v) is 4.22. The Kier molecular flexibility index (Phi) is 4.53. The quantitative estimate of drug-likeness (QED) is 0.883. The Labute approximate surface area is 109 Å². The number of primary amides is 1. The second-order valence-corrected chi connectivity index (χ2v) is 6.06. The first-order chi connectivity index (χ1) is 8.27. The summed E-state index contributed by atoms with van der Waals surface area (Å²) in [6.45, 7) is 0.909. The predicted octanol–water partition coefficient (Wildman–Crippen LogP) is 1.12. The summed E-state index contributed by atoms with van der Waals surface area (Å²) in [6.07, 6.45) is 0. The number of nitrogens with two attached hydrogens (primary N) is 1. The zero-order valence-corrected chi connectivity index (χ0v) is 11.1. The number of amides is 1. The molecule has 1 rings (SSSR count). The molecule has 0 unspecified atom stereocenters. The first-order valence-corrected chi connectivity index (χ1v) is 7.00. The normalized spacial score (nSPS) is 11.3. The van der Waals surface area contributed by atoms with Crippen LogP contribution in [0.2, 0.25) is 5.02 Å². The van der Waals surface area contributed by atoms with Gasteiger partial charge in [0.1, 0.15) is 12.4 Å². The zero-order chi connectivity index (χ0) is 13.9. The van der Waals surface area contributed by atoms with Crippen LogP contribution >= 0.6 is 11.6 Å². The van der Waals surface area contributed by atoms with Gasteiger partial charge in [-0.1, -0.05) is 11.6 Å². The Balaban J connectivity index is 3.26. The standard InChI is InChI=1S/C10H12ClFN2O3S/c1-2-18(16,17)14(6-10(13)15)7-3-4-9(12)8(11)5-7/h3-5H,2,6H2,1H3,(H2,13,15). The van der Waals surface area contributed by atoms with E-state index in [2.05, 4.69) is 0 Å². The highest BCUT2D eigenvalue weighted by molar-refractivity contribution is 7.92. The summed E-state index contributed by atoms with van der Waals surface area (Å²) in [7, 11) is -3.69. The fourth-order valence-corrected chi connectivity index (χ4v) is 2.53. The molecule has 0 spiro atoms. The summed E-state index contributed by atoms with van der Waals surface area (Å²) in [6, 6.07) is 3.38. The highest BCUT2D eigenvalue weighted by Crippen LogP contribution is 2.24. The molecular formula is C10H12ClFN2O3S. The van der Waals surface area contributed by atoms with E-state index in [0.717, 1.165) is 16.4 Å². The lowest BCUT2D eigenvalue weighted by Gasteiger charge is -2.22. The summed E-state index contributed by atoms with van der Waals surface area (Å²) in [5, 5.41) is -0.228. The molecule has 0 saturated carbocycles. The van der Waals surface area contributed by atoms with E-state index in [1.807, 2.05) is 0 Å². The number of benzene rings is 1. The minimum atomic E-state index is -3.69. The van der Waals surface area contributed by atoms with Gasteiger partial charge in [-0.05, 0) is 25.1 Å². The number of carbonyl (C=O) groups excluding carboxylic acids is 1. The fraction of sp³-hybridized carbons (Fsp3) is 0.300. The summed E-state index contributed by atoms with van der Waals surface area (Å²) < 4.78 is 37.4. The molecule has 0 aliphatic carbocycles. The highest BCUT2D eigenvalue weighted by atomic mass is 35.5. The average molecular weight is 295 g/mol. The van der Waals surface area contributed by atoms with Crippen molar-refractivity contribution in [3.8, 4) is 0 Å². The Morgan fingerprint density at radius 1 is 1.50 bits per heavy atom. The first kappa shape index (κ1) is 14.7. The molecule has 1 aromatic carbocycles. The van der Waals surface area contributed by atoms with Crippen LogP contribution in [-0.4, -0.2) is 26.6 Å². The summed E-state index contributed by atoms with van der Waals surface area (Å²) in [4.78, 5) is 10.9. The molecule has 1 amide bonds. The second kappa shape index (κ2) is 5.53. The molecule has 1 aromatic rings. The number of anilines is 1. The Hall–Kier alpha value is -1.34. The number of nitrogens with zero attached hydrogens (tertiary/aromatic N) is 1. The van der Waals surface area contributed by atoms with Crippen LogP contribution in [0.1, 0.15) is 6.92 Å². The summed E-state index contributed by atoms with van der Waals surface area (Å²) in [5.41, 5.74) is 5.10. The SMILES string of the molecule is CCS(=O)(=O)N(CC(N)=O)c1ccc(F)c(Cl)c1. The van der Waals surface area contributed by atoms with Gasteiger partial charge < -0.3 is 5.73 Å². The van der Waals surface area contributed by atoms with E-state index in [4.69, 9.17) is 17.3 Å². The average Bonchev–Trinajstić information content (AvgIpc) is 2.29. The minimum Gasteiger partial charge on any atom is -0.368 e. The Bertz CT molecular complexity index is 562. The third kappa shape index (κ3) is 3.33. The van der Waals surface area contributed by atoms with Gasteiger partial charge in [-0.2, -0.15) is 0 Å². The lowest BCUT2D eigenvalue weighted by Crippen LogP contribution is -2.39. The molecule has 0 bridgehead atoms. The molecule has 0 atom stereocenters. The maximum absolute atomic E-state index is 13.0. The number of hydrogen-bond donors (Lipinski definition) is 1. The van der Waals surface area contributed by atoms with Crippen LogP contribution in [0.15, 0.2) is 18.2 Å². The molecule has 0 radical (unpaired) electrons. The molecule has 0 aromatic heterocycles. The molecule has 0 saturated heterocycles. The fourth-order valence-electron chi connectivity index (χ4n) is 1.29. The van der Waals surface area contributed by atoms with Crippen molar-refractivity contribution in [2.75, 3.05) is 16.6 Å². The number of rotatable bonds is 5. The van der Waals surface area contributed by atoms with Crippen LogP contribution in [0, 0.1) is 5.82 Å².